The highest BCUT2D eigenvalue weighted by molar-refractivity contribution is 5.95. The molecule has 28 heavy (non-hydrogen) atoms. The summed E-state index contributed by atoms with van der Waals surface area (Å²) in [7, 11) is 0. The van der Waals surface area contributed by atoms with Gasteiger partial charge in [0.15, 0.2) is 0 Å². The van der Waals surface area contributed by atoms with Gasteiger partial charge < -0.3 is 15.4 Å². The van der Waals surface area contributed by atoms with Crippen LogP contribution in [-0.2, 0) is 21.6 Å². The maximum Gasteiger partial charge on any atom is 0.338 e. The van der Waals surface area contributed by atoms with Crippen LogP contribution < -0.4 is 10.6 Å². The third-order valence-corrected chi connectivity index (χ3v) is 4.81. The molecule has 0 bridgehead atoms. The fourth-order valence-electron chi connectivity index (χ4n) is 3.19. The highest BCUT2D eigenvalue weighted by atomic mass is 16.5. The summed E-state index contributed by atoms with van der Waals surface area (Å²) in [6.45, 7) is 8.33. The average Bonchev–Trinajstić information content (AvgIpc) is 2.66. The van der Waals surface area contributed by atoms with Crippen molar-refractivity contribution in [2.24, 2.45) is 0 Å². The molecule has 1 aliphatic rings. The van der Waals surface area contributed by atoms with Crippen molar-refractivity contribution < 1.29 is 14.3 Å². The van der Waals surface area contributed by atoms with E-state index in [1.165, 1.54) is 5.56 Å². The van der Waals surface area contributed by atoms with Crippen molar-refractivity contribution in [3.8, 4) is 0 Å². The number of urea groups is 1. The van der Waals surface area contributed by atoms with Crippen LogP contribution in [0.25, 0.3) is 0 Å². The summed E-state index contributed by atoms with van der Waals surface area (Å²) >= 11 is 0. The number of nitrogens with one attached hydrogen (secondary N) is 2. The van der Waals surface area contributed by atoms with Crippen LogP contribution in [0.1, 0.15) is 50.4 Å². The van der Waals surface area contributed by atoms with E-state index in [2.05, 4.69) is 31.4 Å². The Morgan fingerprint density at radius 3 is 2.29 bits per heavy atom. The summed E-state index contributed by atoms with van der Waals surface area (Å²) in [5.41, 5.74) is 3.89. The molecule has 146 valence electrons. The van der Waals surface area contributed by atoms with Crippen molar-refractivity contribution in [1.29, 1.82) is 0 Å². The predicted molar refractivity (Wildman–Crippen MR) is 108 cm³/mol. The summed E-state index contributed by atoms with van der Waals surface area (Å²) < 4.78 is 5.51. The first-order valence-corrected chi connectivity index (χ1v) is 9.35. The van der Waals surface area contributed by atoms with Crippen LogP contribution >= 0.6 is 0 Å². The lowest BCUT2D eigenvalue weighted by Gasteiger charge is -2.29. The van der Waals surface area contributed by atoms with Crippen molar-refractivity contribution in [2.45, 2.75) is 45.8 Å². The minimum absolute atomic E-state index is 0.0269. The van der Waals surface area contributed by atoms with Gasteiger partial charge in [0.05, 0.1) is 11.6 Å². The first-order chi connectivity index (χ1) is 13.3. The summed E-state index contributed by atoms with van der Waals surface area (Å²) in [6, 6.07) is 16.6. The van der Waals surface area contributed by atoms with Gasteiger partial charge in [-0.05, 0) is 29.0 Å². The largest absolute Gasteiger partial charge is 0.457 e. The van der Waals surface area contributed by atoms with Gasteiger partial charge in [-0.25, -0.2) is 9.59 Å². The monoisotopic (exact) mass is 378 g/mol. The Balaban J connectivity index is 1.85. The van der Waals surface area contributed by atoms with Gasteiger partial charge in [0.2, 0.25) is 0 Å². The van der Waals surface area contributed by atoms with E-state index in [0.29, 0.717) is 11.3 Å². The summed E-state index contributed by atoms with van der Waals surface area (Å²) in [5.74, 6) is -0.446. The smallest absolute Gasteiger partial charge is 0.338 e. The van der Waals surface area contributed by atoms with E-state index in [-0.39, 0.29) is 18.1 Å². The van der Waals surface area contributed by atoms with Gasteiger partial charge in [0.25, 0.3) is 0 Å². The Morgan fingerprint density at radius 2 is 1.68 bits per heavy atom. The third kappa shape index (κ3) is 4.42. The van der Waals surface area contributed by atoms with Crippen LogP contribution in [0, 0.1) is 0 Å². The van der Waals surface area contributed by atoms with Gasteiger partial charge in [-0.2, -0.15) is 0 Å². The molecule has 2 amide bonds. The Morgan fingerprint density at radius 1 is 1.04 bits per heavy atom. The van der Waals surface area contributed by atoms with E-state index < -0.39 is 12.0 Å². The molecular formula is C23H26N2O3. The zero-order valence-electron chi connectivity index (χ0n) is 16.7. The number of rotatable bonds is 4. The molecule has 0 aromatic heterocycles. The number of carbonyl (C=O) groups excluding carboxylic acids is 2. The quantitative estimate of drug-likeness (QED) is 0.777. The lowest BCUT2D eigenvalue weighted by atomic mass is 9.85. The van der Waals surface area contributed by atoms with Gasteiger partial charge in [-0.15, -0.1) is 0 Å². The van der Waals surface area contributed by atoms with E-state index in [9.17, 15) is 9.59 Å². The normalized spacial score (nSPS) is 17.0. The molecule has 0 fully saturated rings. The van der Waals surface area contributed by atoms with Crippen molar-refractivity contribution in [3.63, 3.8) is 0 Å². The first-order valence-electron chi connectivity index (χ1n) is 9.35. The van der Waals surface area contributed by atoms with Crippen molar-refractivity contribution in [2.75, 3.05) is 0 Å². The number of hydrogen-bond acceptors (Lipinski definition) is 3. The Bertz CT molecular complexity index is 894. The molecule has 0 radical (unpaired) electrons. The molecule has 1 heterocycles. The predicted octanol–water partition coefficient (Wildman–Crippen LogP) is 4.36. The topological polar surface area (TPSA) is 67.4 Å². The van der Waals surface area contributed by atoms with E-state index in [4.69, 9.17) is 4.74 Å². The van der Waals surface area contributed by atoms with Crippen LogP contribution in [0.2, 0.25) is 0 Å². The maximum atomic E-state index is 12.8. The van der Waals surface area contributed by atoms with E-state index in [0.717, 1.165) is 11.1 Å². The van der Waals surface area contributed by atoms with Gasteiger partial charge in [0, 0.05) is 5.70 Å². The molecule has 0 saturated heterocycles. The molecule has 0 aliphatic carbocycles. The highest BCUT2D eigenvalue weighted by Crippen LogP contribution is 2.30. The highest BCUT2D eigenvalue weighted by Gasteiger charge is 2.32. The maximum absolute atomic E-state index is 12.8. The van der Waals surface area contributed by atoms with E-state index in [1.54, 1.807) is 6.92 Å². The van der Waals surface area contributed by atoms with Crippen LogP contribution in [0.15, 0.2) is 65.9 Å². The number of esters is 1. The molecule has 0 saturated carbocycles. The molecule has 1 unspecified atom stereocenters. The molecule has 1 aliphatic heterocycles. The SMILES string of the molecule is CC1=C(C(=O)OCc2ccccc2)C(c2ccc(C(C)(C)C)cc2)NC(=O)N1. The minimum Gasteiger partial charge on any atom is -0.457 e. The molecule has 2 aromatic carbocycles. The lowest BCUT2D eigenvalue weighted by molar-refractivity contribution is -0.140. The fourth-order valence-corrected chi connectivity index (χ4v) is 3.19. The third-order valence-electron chi connectivity index (χ3n) is 4.81. The molecule has 1 atom stereocenters. The minimum atomic E-state index is -0.550. The standard InChI is InChI=1S/C23H26N2O3/c1-15-19(21(26)28-14-16-8-6-5-7-9-16)20(25-22(27)24-15)17-10-12-18(13-11-17)23(2,3)4/h5-13,20H,14H2,1-4H3,(H2,24,25,27). The second kappa shape index (κ2) is 7.89. The van der Waals surface area contributed by atoms with Crippen molar-refractivity contribution in [1.82, 2.24) is 10.6 Å². The number of benzene rings is 2. The van der Waals surface area contributed by atoms with Crippen molar-refractivity contribution >= 4 is 12.0 Å². The van der Waals surface area contributed by atoms with E-state index in [1.807, 2.05) is 54.6 Å². The van der Waals surface area contributed by atoms with Crippen LogP contribution in [-0.4, -0.2) is 12.0 Å². The number of amides is 2. The Hall–Kier alpha value is -3.08. The molecule has 3 rings (SSSR count). The van der Waals surface area contributed by atoms with Crippen molar-refractivity contribution in [3.05, 3.63) is 82.6 Å². The number of hydrogen-bond donors (Lipinski definition) is 2. The van der Waals surface area contributed by atoms with Gasteiger partial charge in [-0.1, -0.05) is 75.4 Å². The van der Waals surface area contributed by atoms with Crippen LogP contribution in [0.4, 0.5) is 4.79 Å². The van der Waals surface area contributed by atoms with Gasteiger partial charge in [0.1, 0.15) is 6.61 Å². The Kier molecular flexibility index (Phi) is 5.54. The molecule has 2 aromatic rings. The number of allylic oxidation sites excluding steroid dienone is 1. The van der Waals surface area contributed by atoms with Gasteiger partial charge in [-0.3, -0.25) is 0 Å². The molecule has 2 N–H and O–H groups in total. The Labute approximate surface area is 165 Å². The second-order valence-corrected chi connectivity index (χ2v) is 8.00. The van der Waals surface area contributed by atoms with E-state index >= 15 is 0 Å². The molecule has 0 spiro atoms. The second-order valence-electron chi connectivity index (χ2n) is 8.00. The lowest BCUT2D eigenvalue weighted by Crippen LogP contribution is -2.45. The summed E-state index contributed by atoms with van der Waals surface area (Å²) in [4.78, 5) is 24.8. The summed E-state index contributed by atoms with van der Waals surface area (Å²) in [5, 5.41) is 5.51. The zero-order valence-corrected chi connectivity index (χ0v) is 16.7. The zero-order chi connectivity index (χ0) is 20.3. The molecule has 5 nitrogen and oxygen atoms in total. The molecule has 5 heteroatoms. The van der Waals surface area contributed by atoms with Crippen LogP contribution in [0.3, 0.4) is 0 Å². The van der Waals surface area contributed by atoms with Gasteiger partial charge >= 0.3 is 12.0 Å². The fraction of sp³-hybridized carbons (Fsp3) is 0.304. The van der Waals surface area contributed by atoms with Crippen LogP contribution in [0.5, 0.6) is 0 Å². The average molecular weight is 378 g/mol. The number of carbonyl (C=O) groups is 2. The number of ether oxygens (including phenoxy) is 1. The summed E-state index contributed by atoms with van der Waals surface area (Å²) in [6.07, 6.45) is 0. The molecular weight excluding hydrogens is 352 g/mol. The first kappa shape index (κ1) is 19.7.